The standard InChI is InChI=1S/C24H25N3O3/c1-4-29-21-10-7-18(8-11-21)24-25-23(30-26-24)16-27(2)15-17-5-6-20-14-22(28-3)12-9-19(20)13-17/h5-14H,4,15-16H2,1-3H3. The summed E-state index contributed by atoms with van der Waals surface area (Å²) in [7, 11) is 3.72. The van der Waals surface area contributed by atoms with E-state index in [1.54, 1.807) is 7.11 Å². The van der Waals surface area contributed by atoms with Gasteiger partial charge in [-0.2, -0.15) is 4.98 Å². The van der Waals surface area contributed by atoms with Crippen molar-refractivity contribution >= 4 is 10.8 Å². The van der Waals surface area contributed by atoms with Crippen molar-refractivity contribution in [3.8, 4) is 22.9 Å². The maximum Gasteiger partial charge on any atom is 0.241 e. The molecule has 0 unspecified atom stereocenters. The zero-order valence-electron chi connectivity index (χ0n) is 17.5. The van der Waals surface area contributed by atoms with Crippen LogP contribution in [-0.4, -0.2) is 35.8 Å². The number of nitrogens with zero attached hydrogens (tertiary/aromatic N) is 3. The van der Waals surface area contributed by atoms with Gasteiger partial charge in [0.15, 0.2) is 0 Å². The van der Waals surface area contributed by atoms with Crippen LogP contribution in [0.15, 0.2) is 65.2 Å². The van der Waals surface area contributed by atoms with E-state index in [9.17, 15) is 0 Å². The first-order chi connectivity index (χ1) is 14.6. The van der Waals surface area contributed by atoms with Crippen LogP contribution in [0.4, 0.5) is 0 Å². The number of methoxy groups -OCH3 is 1. The Morgan fingerprint density at radius 3 is 2.40 bits per heavy atom. The Balaban J connectivity index is 1.40. The minimum Gasteiger partial charge on any atom is -0.497 e. The number of aromatic nitrogens is 2. The third-order valence-electron chi connectivity index (χ3n) is 4.86. The van der Waals surface area contributed by atoms with Gasteiger partial charge in [0, 0.05) is 12.1 Å². The maximum absolute atomic E-state index is 5.47. The first kappa shape index (κ1) is 19.9. The predicted octanol–water partition coefficient (Wildman–Crippen LogP) is 4.93. The molecule has 0 atom stereocenters. The number of benzene rings is 3. The highest BCUT2D eigenvalue weighted by Gasteiger charge is 2.12. The molecule has 3 aromatic carbocycles. The lowest BCUT2D eigenvalue weighted by Crippen LogP contribution is -2.17. The number of fused-ring (bicyclic) bond motifs is 1. The fourth-order valence-electron chi connectivity index (χ4n) is 3.40. The van der Waals surface area contributed by atoms with Gasteiger partial charge in [-0.25, -0.2) is 0 Å². The Hall–Kier alpha value is -3.38. The third-order valence-corrected chi connectivity index (χ3v) is 4.86. The van der Waals surface area contributed by atoms with E-state index in [2.05, 4.69) is 39.3 Å². The fourth-order valence-corrected chi connectivity index (χ4v) is 3.40. The SMILES string of the molecule is CCOc1ccc(-c2noc(CN(C)Cc3ccc4cc(OC)ccc4c3)n2)cc1. The molecule has 1 aromatic heterocycles. The lowest BCUT2D eigenvalue weighted by Gasteiger charge is -2.14. The van der Waals surface area contributed by atoms with Crippen LogP contribution in [0.3, 0.4) is 0 Å². The van der Waals surface area contributed by atoms with Crippen molar-refractivity contribution in [2.45, 2.75) is 20.0 Å². The van der Waals surface area contributed by atoms with Gasteiger partial charge < -0.3 is 14.0 Å². The summed E-state index contributed by atoms with van der Waals surface area (Å²) in [6.45, 7) is 3.96. The summed E-state index contributed by atoms with van der Waals surface area (Å²) in [6, 6.07) is 20.3. The van der Waals surface area contributed by atoms with Crippen LogP contribution in [0.25, 0.3) is 22.2 Å². The Kier molecular flexibility index (Phi) is 5.95. The Bertz CT molecular complexity index is 1120. The second-order valence-electron chi connectivity index (χ2n) is 7.19. The smallest absolute Gasteiger partial charge is 0.241 e. The van der Waals surface area contributed by atoms with E-state index < -0.39 is 0 Å². The summed E-state index contributed by atoms with van der Waals surface area (Å²) in [5.41, 5.74) is 2.13. The molecule has 0 amide bonds. The minimum atomic E-state index is 0.574. The molecular formula is C24H25N3O3. The third kappa shape index (κ3) is 4.60. The van der Waals surface area contributed by atoms with Crippen molar-refractivity contribution in [1.29, 1.82) is 0 Å². The van der Waals surface area contributed by atoms with Gasteiger partial charge in [0.05, 0.1) is 20.3 Å². The van der Waals surface area contributed by atoms with E-state index in [-0.39, 0.29) is 0 Å². The fraction of sp³-hybridized carbons (Fsp3) is 0.250. The van der Waals surface area contributed by atoms with Gasteiger partial charge in [0.2, 0.25) is 11.7 Å². The molecule has 4 aromatic rings. The number of hydrogen-bond acceptors (Lipinski definition) is 6. The maximum atomic E-state index is 5.47. The van der Waals surface area contributed by atoms with Crippen molar-refractivity contribution < 1.29 is 14.0 Å². The molecule has 0 aliphatic heterocycles. The van der Waals surface area contributed by atoms with Crippen LogP contribution in [0, 0.1) is 0 Å². The average Bonchev–Trinajstić information content (AvgIpc) is 3.22. The van der Waals surface area contributed by atoms with E-state index in [4.69, 9.17) is 14.0 Å². The van der Waals surface area contributed by atoms with Gasteiger partial charge in [0.1, 0.15) is 11.5 Å². The quantitative estimate of drug-likeness (QED) is 0.416. The molecule has 30 heavy (non-hydrogen) atoms. The van der Waals surface area contributed by atoms with Crippen molar-refractivity contribution in [2.75, 3.05) is 20.8 Å². The molecule has 0 saturated carbocycles. The summed E-state index contributed by atoms with van der Waals surface area (Å²) in [4.78, 5) is 6.69. The highest BCUT2D eigenvalue weighted by atomic mass is 16.5. The van der Waals surface area contributed by atoms with Gasteiger partial charge in [0.25, 0.3) is 0 Å². The minimum absolute atomic E-state index is 0.574. The van der Waals surface area contributed by atoms with E-state index in [1.165, 1.54) is 10.9 Å². The zero-order valence-corrected chi connectivity index (χ0v) is 17.5. The second-order valence-corrected chi connectivity index (χ2v) is 7.19. The highest BCUT2D eigenvalue weighted by Crippen LogP contribution is 2.23. The number of ether oxygens (including phenoxy) is 2. The average molecular weight is 403 g/mol. The molecule has 6 heteroatoms. The summed E-state index contributed by atoms with van der Waals surface area (Å²) in [5, 5.41) is 6.47. The first-order valence-electron chi connectivity index (χ1n) is 9.95. The lowest BCUT2D eigenvalue weighted by molar-refractivity contribution is 0.261. The molecule has 0 N–H and O–H groups in total. The molecule has 0 aliphatic carbocycles. The van der Waals surface area contributed by atoms with Crippen molar-refractivity contribution in [3.63, 3.8) is 0 Å². The topological polar surface area (TPSA) is 60.6 Å². The van der Waals surface area contributed by atoms with Gasteiger partial charge in [-0.15, -0.1) is 0 Å². The molecule has 0 aliphatic rings. The molecule has 0 radical (unpaired) electrons. The summed E-state index contributed by atoms with van der Waals surface area (Å²) >= 11 is 0. The first-order valence-corrected chi connectivity index (χ1v) is 9.95. The Morgan fingerprint density at radius 1 is 0.900 bits per heavy atom. The summed E-state index contributed by atoms with van der Waals surface area (Å²) in [5.74, 6) is 2.87. The summed E-state index contributed by atoms with van der Waals surface area (Å²) in [6.07, 6.45) is 0. The van der Waals surface area contributed by atoms with Crippen LogP contribution < -0.4 is 9.47 Å². The Labute approximate surface area is 176 Å². The van der Waals surface area contributed by atoms with Gasteiger partial charge in [-0.05, 0) is 72.8 Å². The van der Waals surface area contributed by atoms with E-state index in [0.29, 0.717) is 24.9 Å². The van der Waals surface area contributed by atoms with Gasteiger partial charge >= 0.3 is 0 Å². The van der Waals surface area contributed by atoms with Crippen molar-refractivity contribution in [3.05, 3.63) is 72.1 Å². The molecule has 0 bridgehead atoms. The molecule has 1 heterocycles. The monoisotopic (exact) mass is 403 g/mol. The lowest BCUT2D eigenvalue weighted by atomic mass is 10.1. The molecule has 6 nitrogen and oxygen atoms in total. The van der Waals surface area contributed by atoms with Crippen LogP contribution in [0.1, 0.15) is 18.4 Å². The van der Waals surface area contributed by atoms with E-state index in [0.717, 1.165) is 29.0 Å². The second kappa shape index (κ2) is 8.97. The molecule has 0 saturated heterocycles. The molecule has 0 spiro atoms. The normalized spacial score (nSPS) is 11.2. The van der Waals surface area contributed by atoms with Crippen LogP contribution in [0.5, 0.6) is 11.5 Å². The Morgan fingerprint density at radius 2 is 1.63 bits per heavy atom. The highest BCUT2D eigenvalue weighted by molar-refractivity contribution is 5.84. The van der Waals surface area contributed by atoms with Crippen LogP contribution in [-0.2, 0) is 13.1 Å². The van der Waals surface area contributed by atoms with Crippen molar-refractivity contribution in [1.82, 2.24) is 15.0 Å². The predicted molar refractivity (Wildman–Crippen MR) is 117 cm³/mol. The molecule has 4 rings (SSSR count). The number of rotatable bonds is 8. The molecule has 154 valence electrons. The van der Waals surface area contributed by atoms with E-state index >= 15 is 0 Å². The number of hydrogen-bond donors (Lipinski definition) is 0. The summed E-state index contributed by atoms with van der Waals surface area (Å²) < 4.78 is 16.2. The van der Waals surface area contributed by atoms with Crippen LogP contribution >= 0.6 is 0 Å². The largest absolute Gasteiger partial charge is 0.497 e. The van der Waals surface area contributed by atoms with E-state index in [1.807, 2.05) is 50.4 Å². The van der Waals surface area contributed by atoms with Gasteiger partial charge in [-0.3, -0.25) is 4.90 Å². The van der Waals surface area contributed by atoms with Crippen molar-refractivity contribution in [2.24, 2.45) is 0 Å². The zero-order chi connectivity index (χ0) is 20.9. The van der Waals surface area contributed by atoms with Gasteiger partial charge in [-0.1, -0.05) is 23.4 Å². The van der Waals surface area contributed by atoms with Crippen LogP contribution in [0.2, 0.25) is 0 Å². The molecule has 0 fully saturated rings. The molecular weight excluding hydrogens is 378 g/mol.